The lowest BCUT2D eigenvalue weighted by Gasteiger charge is -2.04. The molecular formula is C12H15N5S2. The van der Waals surface area contributed by atoms with E-state index in [0.717, 1.165) is 22.4 Å². The molecule has 0 spiro atoms. The molecule has 0 amide bonds. The van der Waals surface area contributed by atoms with Crippen LogP contribution in [0, 0.1) is 18.6 Å². The fraction of sp³-hybridized carbons (Fsp3) is 0.333. The Labute approximate surface area is 121 Å². The number of hydrogen-bond donors (Lipinski definition) is 1. The molecule has 0 atom stereocenters. The first kappa shape index (κ1) is 14.0. The van der Waals surface area contributed by atoms with Crippen molar-refractivity contribution in [3.63, 3.8) is 0 Å². The molecule has 0 fully saturated rings. The van der Waals surface area contributed by atoms with Gasteiger partial charge in [-0.1, -0.05) is 17.8 Å². The summed E-state index contributed by atoms with van der Waals surface area (Å²) >= 11 is 6.72. The Morgan fingerprint density at radius 3 is 2.74 bits per heavy atom. The van der Waals surface area contributed by atoms with Crippen LogP contribution < -0.4 is 0 Å². The van der Waals surface area contributed by atoms with Gasteiger partial charge >= 0.3 is 0 Å². The first-order chi connectivity index (χ1) is 9.10. The van der Waals surface area contributed by atoms with Crippen molar-refractivity contribution < 1.29 is 0 Å². The Kier molecular flexibility index (Phi) is 4.49. The number of aromatic nitrogens is 5. The second-order valence-corrected chi connectivity index (χ2v) is 5.40. The van der Waals surface area contributed by atoms with Crippen LogP contribution in [0.4, 0.5) is 0 Å². The lowest BCUT2D eigenvalue weighted by Crippen LogP contribution is -2.02. The van der Waals surface area contributed by atoms with E-state index in [1.54, 1.807) is 17.8 Å². The number of aryl methyl sites for hydroxylation is 2. The monoisotopic (exact) mass is 293 g/mol. The number of rotatable bonds is 5. The van der Waals surface area contributed by atoms with E-state index in [9.17, 15) is 0 Å². The molecule has 0 aromatic carbocycles. The average molecular weight is 293 g/mol. The number of hydrogen-bond acceptors (Lipinski definition) is 5. The lowest BCUT2D eigenvalue weighted by molar-refractivity contribution is 0.764. The highest BCUT2D eigenvalue weighted by Gasteiger charge is 2.07. The second-order valence-electron chi connectivity index (χ2n) is 4.07. The Balaban J connectivity index is 2.14. The van der Waals surface area contributed by atoms with Crippen LogP contribution in [-0.2, 0) is 12.3 Å². The Morgan fingerprint density at radius 1 is 1.42 bits per heavy atom. The van der Waals surface area contributed by atoms with E-state index in [2.05, 4.69) is 26.7 Å². The van der Waals surface area contributed by atoms with Crippen LogP contribution in [0.1, 0.15) is 17.2 Å². The number of thioether (sulfide) groups is 1. The summed E-state index contributed by atoms with van der Waals surface area (Å²) in [7, 11) is 0. The number of nitrogens with one attached hydrogen (secondary N) is 1. The fourth-order valence-electron chi connectivity index (χ4n) is 1.67. The molecule has 0 aliphatic carbocycles. The van der Waals surface area contributed by atoms with Gasteiger partial charge in [0.2, 0.25) is 0 Å². The highest BCUT2D eigenvalue weighted by atomic mass is 32.2. The molecule has 0 unspecified atom stereocenters. The highest BCUT2D eigenvalue weighted by Crippen LogP contribution is 2.19. The van der Waals surface area contributed by atoms with Gasteiger partial charge in [0.1, 0.15) is 5.82 Å². The molecule has 0 bridgehead atoms. The molecule has 0 aliphatic heterocycles. The van der Waals surface area contributed by atoms with Gasteiger partial charge in [0, 0.05) is 17.9 Å². The standard InChI is InChI=1S/C12H15N5S2/c1-4-5-17-10(15-16-12(17)18)7-19-11-13-8(2)6-9(3)14-11/h4,6H,1,5,7H2,2-3H3,(H,16,18). The molecule has 0 radical (unpaired) electrons. The summed E-state index contributed by atoms with van der Waals surface area (Å²) in [5.41, 5.74) is 1.94. The molecule has 1 N–H and O–H groups in total. The van der Waals surface area contributed by atoms with E-state index in [4.69, 9.17) is 12.2 Å². The third-order valence-corrected chi connectivity index (χ3v) is 3.60. The number of H-pyrrole nitrogens is 1. The van der Waals surface area contributed by atoms with Crippen molar-refractivity contribution in [1.29, 1.82) is 0 Å². The SMILES string of the molecule is C=CCn1c(CSc2nc(C)cc(C)n2)n[nH]c1=S. The van der Waals surface area contributed by atoms with Gasteiger partial charge in [0.05, 0.1) is 5.75 Å². The third kappa shape index (κ3) is 3.51. The molecular weight excluding hydrogens is 278 g/mol. The van der Waals surface area contributed by atoms with Crippen molar-refractivity contribution in [2.24, 2.45) is 0 Å². The Hall–Kier alpha value is -1.47. The molecule has 0 saturated carbocycles. The molecule has 5 nitrogen and oxygen atoms in total. The maximum Gasteiger partial charge on any atom is 0.195 e. The zero-order valence-corrected chi connectivity index (χ0v) is 12.5. The van der Waals surface area contributed by atoms with Crippen molar-refractivity contribution in [2.75, 3.05) is 0 Å². The minimum Gasteiger partial charge on any atom is -0.300 e. The molecule has 0 aliphatic rings. The first-order valence-corrected chi connectivity index (χ1v) is 7.19. The van der Waals surface area contributed by atoms with Gasteiger partial charge in [-0.15, -0.1) is 6.58 Å². The van der Waals surface area contributed by atoms with Crippen LogP contribution in [0.5, 0.6) is 0 Å². The normalized spacial score (nSPS) is 10.6. The zero-order valence-electron chi connectivity index (χ0n) is 10.9. The van der Waals surface area contributed by atoms with Crippen LogP contribution in [0.15, 0.2) is 23.9 Å². The quantitative estimate of drug-likeness (QED) is 0.397. The van der Waals surface area contributed by atoms with E-state index in [-0.39, 0.29) is 0 Å². The number of nitrogens with zero attached hydrogens (tertiary/aromatic N) is 4. The first-order valence-electron chi connectivity index (χ1n) is 5.80. The number of allylic oxidation sites excluding steroid dienone is 1. The summed E-state index contributed by atoms with van der Waals surface area (Å²) in [5.74, 6) is 1.54. The maximum atomic E-state index is 5.17. The van der Waals surface area contributed by atoms with Crippen molar-refractivity contribution >= 4 is 24.0 Å². The van der Waals surface area contributed by atoms with Crippen LogP contribution in [0.25, 0.3) is 0 Å². The molecule has 2 heterocycles. The summed E-state index contributed by atoms with van der Waals surface area (Å²) in [4.78, 5) is 8.78. The van der Waals surface area contributed by atoms with Gasteiger partial charge in [0.15, 0.2) is 9.93 Å². The minimum absolute atomic E-state index is 0.608. The van der Waals surface area contributed by atoms with E-state index in [1.807, 2.05) is 24.5 Å². The van der Waals surface area contributed by atoms with E-state index in [0.29, 0.717) is 17.1 Å². The molecule has 100 valence electrons. The van der Waals surface area contributed by atoms with E-state index in [1.165, 1.54) is 0 Å². The van der Waals surface area contributed by atoms with Crippen LogP contribution >= 0.6 is 24.0 Å². The summed E-state index contributed by atoms with van der Waals surface area (Å²) in [6, 6.07) is 1.96. The minimum atomic E-state index is 0.608. The maximum absolute atomic E-state index is 5.17. The predicted molar refractivity (Wildman–Crippen MR) is 78.7 cm³/mol. The van der Waals surface area contributed by atoms with Crippen molar-refractivity contribution in [2.45, 2.75) is 31.3 Å². The van der Waals surface area contributed by atoms with Gasteiger partial charge < -0.3 is 0 Å². The van der Waals surface area contributed by atoms with Crippen LogP contribution in [0.2, 0.25) is 0 Å². The van der Waals surface area contributed by atoms with Crippen LogP contribution in [-0.4, -0.2) is 24.7 Å². The Bertz CT molecular complexity index is 624. The topological polar surface area (TPSA) is 59.4 Å². The lowest BCUT2D eigenvalue weighted by atomic mass is 10.4. The second kappa shape index (κ2) is 6.12. The molecule has 19 heavy (non-hydrogen) atoms. The molecule has 2 aromatic heterocycles. The van der Waals surface area contributed by atoms with Gasteiger partial charge in [0.25, 0.3) is 0 Å². The fourth-order valence-corrected chi connectivity index (χ4v) is 2.79. The van der Waals surface area contributed by atoms with E-state index >= 15 is 0 Å². The van der Waals surface area contributed by atoms with Gasteiger partial charge in [-0.3, -0.25) is 9.67 Å². The number of aromatic amines is 1. The summed E-state index contributed by atoms with van der Waals surface area (Å²) in [5, 5.41) is 7.77. The summed E-state index contributed by atoms with van der Waals surface area (Å²) < 4.78 is 2.52. The summed E-state index contributed by atoms with van der Waals surface area (Å²) in [6.07, 6.45) is 1.80. The summed E-state index contributed by atoms with van der Waals surface area (Å²) in [6.45, 7) is 8.30. The zero-order chi connectivity index (χ0) is 13.8. The highest BCUT2D eigenvalue weighted by molar-refractivity contribution is 7.98. The van der Waals surface area contributed by atoms with E-state index < -0.39 is 0 Å². The van der Waals surface area contributed by atoms with Gasteiger partial charge in [-0.2, -0.15) is 5.10 Å². The molecule has 7 heteroatoms. The third-order valence-electron chi connectivity index (χ3n) is 2.44. The Morgan fingerprint density at radius 2 is 2.11 bits per heavy atom. The van der Waals surface area contributed by atoms with Crippen molar-refractivity contribution in [1.82, 2.24) is 24.7 Å². The average Bonchev–Trinajstić information content (AvgIpc) is 2.68. The smallest absolute Gasteiger partial charge is 0.195 e. The molecule has 0 saturated heterocycles. The van der Waals surface area contributed by atoms with Gasteiger partial charge in [-0.25, -0.2) is 9.97 Å². The van der Waals surface area contributed by atoms with Crippen molar-refractivity contribution in [3.8, 4) is 0 Å². The van der Waals surface area contributed by atoms with Gasteiger partial charge in [-0.05, 0) is 32.1 Å². The molecule has 2 aromatic rings. The largest absolute Gasteiger partial charge is 0.300 e. The van der Waals surface area contributed by atoms with Crippen molar-refractivity contribution in [3.05, 3.63) is 40.7 Å². The van der Waals surface area contributed by atoms with Crippen LogP contribution in [0.3, 0.4) is 0 Å². The molecule has 2 rings (SSSR count). The predicted octanol–water partition coefficient (Wildman–Crippen LogP) is 2.83.